The van der Waals surface area contributed by atoms with E-state index in [2.05, 4.69) is 24.1 Å². The third-order valence-corrected chi connectivity index (χ3v) is 4.99. The molecule has 0 aromatic carbocycles. The molecule has 0 saturated carbocycles. The molecule has 1 N–H and O–H groups in total. The fraction of sp³-hybridized carbons (Fsp3) is 0.938. The van der Waals surface area contributed by atoms with Gasteiger partial charge in [0.25, 0.3) is 0 Å². The van der Waals surface area contributed by atoms with Crippen molar-refractivity contribution < 1.29 is 4.79 Å². The van der Waals surface area contributed by atoms with Gasteiger partial charge in [0.05, 0.1) is 0 Å². The molecule has 0 unspecified atom stereocenters. The summed E-state index contributed by atoms with van der Waals surface area (Å²) in [6.45, 7) is 11.7. The van der Waals surface area contributed by atoms with E-state index >= 15 is 0 Å². The minimum atomic E-state index is 0.277. The third-order valence-electron chi connectivity index (χ3n) is 4.99. The second-order valence-electron chi connectivity index (χ2n) is 6.28. The number of carbonyl (C=O) groups excluding carboxylic acids is 1. The van der Waals surface area contributed by atoms with Crippen LogP contribution in [0.3, 0.4) is 0 Å². The lowest BCUT2D eigenvalue weighted by atomic mass is 9.92. The molecule has 4 nitrogen and oxygen atoms in total. The SMILES string of the molecule is CCN(CC)C(=O)C1CCN(CC2CCNCC2)CC1. The largest absolute Gasteiger partial charge is 0.343 e. The monoisotopic (exact) mass is 281 g/mol. The molecule has 1 amide bonds. The Morgan fingerprint density at radius 3 is 2.25 bits per heavy atom. The smallest absolute Gasteiger partial charge is 0.225 e. The number of piperidine rings is 2. The average molecular weight is 281 g/mol. The molecule has 2 heterocycles. The molecule has 2 aliphatic heterocycles. The highest BCUT2D eigenvalue weighted by molar-refractivity contribution is 5.78. The molecule has 0 aliphatic carbocycles. The maximum Gasteiger partial charge on any atom is 0.225 e. The van der Waals surface area contributed by atoms with Gasteiger partial charge in [-0.1, -0.05) is 0 Å². The maximum absolute atomic E-state index is 12.4. The van der Waals surface area contributed by atoms with Crippen molar-refractivity contribution in [2.24, 2.45) is 11.8 Å². The molecule has 0 aromatic heterocycles. The molecule has 2 aliphatic rings. The number of hydrogen-bond donors (Lipinski definition) is 1. The second-order valence-corrected chi connectivity index (χ2v) is 6.28. The van der Waals surface area contributed by atoms with Crippen LogP contribution in [-0.4, -0.2) is 61.5 Å². The Kier molecular flexibility index (Phi) is 6.30. The van der Waals surface area contributed by atoms with Crippen molar-refractivity contribution in [1.29, 1.82) is 0 Å². The minimum absolute atomic E-state index is 0.277. The van der Waals surface area contributed by atoms with Crippen molar-refractivity contribution in [3.05, 3.63) is 0 Å². The van der Waals surface area contributed by atoms with Gasteiger partial charge in [-0.3, -0.25) is 4.79 Å². The van der Waals surface area contributed by atoms with E-state index in [1.807, 2.05) is 4.90 Å². The summed E-state index contributed by atoms with van der Waals surface area (Å²) in [5.74, 6) is 1.53. The first-order valence-corrected chi connectivity index (χ1v) is 8.46. The fourth-order valence-corrected chi connectivity index (χ4v) is 3.59. The lowest BCUT2D eigenvalue weighted by molar-refractivity contribution is -0.136. The molecular weight excluding hydrogens is 250 g/mol. The van der Waals surface area contributed by atoms with Crippen molar-refractivity contribution in [2.75, 3.05) is 45.8 Å². The van der Waals surface area contributed by atoms with Gasteiger partial charge in [0.1, 0.15) is 0 Å². The summed E-state index contributed by atoms with van der Waals surface area (Å²) in [5.41, 5.74) is 0. The van der Waals surface area contributed by atoms with E-state index < -0.39 is 0 Å². The van der Waals surface area contributed by atoms with E-state index in [4.69, 9.17) is 0 Å². The van der Waals surface area contributed by atoms with Crippen LogP contribution < -0.4 is 5.32 Å². The molecule has 2 fully saturated rings. The van der Waals surface area contributed by atoms with E-state index in [1.165, 1.54) is 32.5 Å². The molecule has 20 heavy (non-hydrogen) atoms. The summed E-state index contributed by atoms with van der Waals surface area (Å²) in [7, 11) is 0. The van der Waals surface area contributed by atoms with Crippen molar-refractivity contribution in [3.63, 3.8) is 0 Å². The van der Waals surface area contributed by atoms with Crippen LogP contribution in [0.1, 0.15) is 39.5 Å². The van der Waals surface area contributed by atoms with Gasteiger partial charge in [0.15, 0.2) is 0 Å². The molecule has 0 bridgehead atoms. The first-order chi connectivity index (χ1) is 9.74. The van der Waals surface area contributed by atoms with E-state index in [1.54, 1.807) is 0 Å². The Morgan fingerprint density at radius 1 is 1.10 bits per heavy atom. The van der Waals surface area contributed by atoms with E-state index in [9.17, 15) is 4.79 Å². The van der Waals surface area contributed by atoms with Gasteiger partial charge in [-0.15, -0.1) is 0 Å². The Labute approximate surface area is 123 Å². The highest BCUT2D eigenvalue weighted by Gasteiger charge is 2.28. The van der Waals surface area contributed by atoms with Crippen LogP contribution in [0.15, 0.2) is 0 Å². The van der Waals surface area contributed by atoms with Crippen LogP contribution in [0.25, 0.3) is 0 Å². The molecule has 4 heteroatoms. The Hall–Kier alpha value is -0.610. The predicted molar refractivity (Wildman–Crippen MR) is 82.7 cm³/mol. The van der Waals surface area contributed by atoms with Gasteiger partial charge in [0, 0.05) is 25.6 Å². The van der Waals surface area contributed by atoms with Crippen LogP contribution >= 0.6 is 0 Å². The number of rotatable bonds is 5. The zero-order chi connectivity index (χ0) is 14.4. The van der Waals surface area contributed by atoms with Crippen LogP contribution in [0.2, 0.25) is 0 Å². The Balaban J connectivity index is 1.72. The highest BCUT2D eigenvalue weighted by atomic mass is 16.2. The van der Waals surface area contributed by atoms with Crippen LogP contribution in [0.4, 0.5) is 0 Å². The number of hydrogen-bond acceptors (Lipinski definition) is 3. The number of nitrogens with zero attached hydrogens (tertiary/aromatic N) is 2. The Morgan fingerprint density at radius 2 is 1.70 bits per heavy atom. The number of nitrogens with one attached hydrogen (secondary N) is 1. The van der Waals surface area contributed by atoms with Gasteiger partial charge >= 0.3 is 0 Å². The molecule has 0 atom stereocenters. The van der Waals surface area contributed by atoms with Gasteiger partial charge in [-0.2, -0.15) is 0 Å². The molecule has 0 aromatic rings. The minimum Gasteiger partial charge on any atom is -0.343 e. The standard InChI is InChI=1S/C16H31N3O/c1-3-19(4-2)16(20)15-7-11-18(12-8-15)13-14-5-9-17-10-6-14/h14-15,17H,3-13H2,1-2H3. The van der Waals surface area contributed by atoms with E-state index in [0.717, 1.165) is 44.9 Å². The van der Waals surface area contributed by atoms with Gasteiger partial charge in [0.2, 0.25) is 5.91 Å². The zero-order valence-corrected chi connectivity index (χ0v) is 13.2. The number of likely N-dealkylation sites (tertiary alicyclic amines) is 1. The summed E-state index contributed by atoms with van der Waals surface area (Å²) in [4.78, 5) is 16.9. The van der Waals surface area contributed by atoms with Crippen molar-refractivity contribution in [2.45, 2.75) is 39.5 Å². The van der Waals surface area contributed by atoms with Crippen LogP contribution in [-0.2, 0) is 4.79 Å². The van der Waals surface area contributed by atoms with E-state index in [-0.39, 0.29) is 5.92 Å². The van der Waals surface area contributed by atoms with Gasteiger partial charge in [-0.25, -0.2) is 0 Å². The number of carbonyl (C=O) groups is 1. The summed E-state index contributed by atoms with van der Waals surface area (Å²) in [5, 5.41) is 3.43. The summed E-state index contributed by atoms with van der Waals surface area (Å²) < 4.78 is 0. The third kappa shape index (κ3) is 4.19. The zero-order valence-electron chi connectivity index (χ0n) is 13.2. The summed E-state index contributed by atoms with van der Waals surface area (Å²) >= 11 is 0. The van der Waals surface area contributed by atoms with E-state index in [0.29, 0.717) is 5.91 Å². The van der Waals surface area contributed by atoms with Crippen molar-refractivity contribution in [1.82, 2.24) is 15.1 Å². The lowest BCUT2D eigenvalue weighted by Gasteiger charge is -2.36. The van der Waals surface area contributed by atoms with Crippen molar-refractivity contribution >= 4 is 5.91 Å². The first kappa shape index (κ1) is 15.8. The second kappa shape index (κ2) is 7.99. The molecule has 2 saturated heterocycles. The Bertz CT molecular complexity index is 290. The van der Waals surface area contributed by atoms with Gasteiger partial charge in [-0.05, 0) is 71.6 Å². The predicted octanol–water partition coefficient (Wildman–Crippen LogP) is 1.57. The molecule has 0 radical (unpaired) electrons. The molecule has 0 spiro atoms. The normalized spacial score (nSPS) is 22.9. The van der Waals surface area contributed by atoms with Crippen molar-refractivity contribution in [3.8, 4) is 0 Å². The molecule has 116 valence electrons. The summed E-state index contributed by atoms with van der Waals surface area (Å²) in [6.07, 6.45) is 4.75. The fourth-order valence-electron chi connectivity index (χ4n) is 3.59. The average Bonchev–Trinajstić information content (AvgIpc) is 2.50. The lowest BCUT2D eigenvalue weighted by Crippen LogP contribution is -2.44. The number of amides is 1. The van der Waals surface area contributed by atoms with Crippen LogP contribution in [0.5, 0.6) is 0 Å². The van der Waals surface area contributed by atoms with Gasteiger partial charge < -0.3 is 15.1 Å². The van der Waals surface area contributed by atoms with Crippen LogP contribution in [0, 0.1) is 11.8 Å². The molecular formula is C16H31N3O. The topological polar surface area (TPSA) is 35.6 Å². The maximum atomic E-state index is 12.4. The first-order valence-electron chi connectivity index (χ1n) is 8.46. The molecule has 2 rings (SSSR count). The summed E-state index contributed by atoms with van der Waals surface area (Å²) in [6, 6.07) is 0. The quantitative estimate of drug-likeness (QED) is 0.831. The highest BCUT2D eigenvalue weighted by Crippen LogP contribution is 2.22.